The van der Waals surface area contributed by atoms with Gasteiger partial charge in [0.1, 0.15) is 17.5 Å². The van der Waals surface area contributed by atoms with Gasteiger partial charge in [-0.05, 0) is 25.0 Å². The number of hydrogen-bond acceptors (Lipinski definition) is 5. The minimum absolute atomic E-state index is 0.247. The van der Waals surface area contributed by atoms with Crippen molar-refractivity contribution in [3.63, 3.8) is 0 Å². The fraction of sp³-hybridized carbons (Fsp3) is 0.438. The Hall–Kier alpha value is -2.77. The summed E-state index contributed by atoms with van der Waals surface area (Å²) in [6, 6.07) is 4.26. The second-order valence-corrected chi connectivity index (χ2v) is 5.41. The molecule has 130 valence electrons. The van der Waals surface area contributed by atoms with Crippen molar-refractivity contribution < 1.29 is 23.9 Å². The van der Waals surface area contributed by atoms with Crippen LogP contribution in [0.1, 0.15) is 23.2 Å². The quantitative estimate of drug-likeness (QED) is 0.755. The molecule has 1 unspecified atom stereocenters. The third-order valence-electron chi connectivity index (χ3n) is 3.89. The van der Waals surface area contributed by atoms with Crippen LogP contribution in [0, 0.1) is 0 Å². The van der Waals surface area contributed by atoms with Gasteiger partial charge in [0.2, 0.25) is 11.8 Å². The van der Waals surface area contributed by atoms with Crippen LogP contribution in [0.2, 0.25) is 0 Å². The fourth-order valence-corrected chi connectivity index (χ4v) is 2.70. The molecule has 1 atom stereocenters. The van der Waals surface area contributed by atoms with Crippen LogP contribution in [-0.4, -0.2) is 56.0 Å². The molecule has 8 heteroatoms. The van der Waals surface area contributed by atoms with Gasteiger partial charge in [-0.2, -0.15) is 0 Å². The van der Waals surface area contributed by atoms with Crippen molar-refractivity contribution in [2.45, 2.75) is 18.9 Å². The van der Waals surface area contributed by atoms with Crippen molar-refractivity contribution >= 4 is 17.7 Å². The molecular formula is C16H21N3O5. The first-order valence-corrected chi connectivity index (χ1v) is 7.57. The number of nitrogens with one attached hydrogen (secondary N) is 1. The zero-order chi connectivity index (χ0) is 17.7. The molecule has 3 N–H and O–H groups in total. The predicted molar refractivity (Wildman–Crippen MR) is 85.8 cm³/mol. The Morgan fingerprint density at radius 2 is 2.04 bits per heavy atom. The molecule has 1 aliphatic heterocycles. The Morgan fingerprint density at radius 1 is 1.29 bits per heavy atom. The van der Waals surface area contributed by atoms with Crippen molar-refractivity contribution in [1.29, 1.82) is 0 Å². The van der Waals surface area contributed by atoms with E-state index >= 15 is 0 Å². The predicted octanol–water partition coefficient (Wildman–Crippen LogP) is -0.0901. The molecular weight excluding hydrogens is 314 g/mol. The van der Waals surface area contributed by atoms with Crippen LogP contribution >= 0.6 is 0 Å². The Bertz CT molecular complexity index is 647. The van der Waals surface area contributed by atoms with Crippen molar-refractivity contribution in [2.75, 3.05) is 27.3 Å². The number of likely N-dealkylation sites (tertiary alicyclic amines) is 1. The minimum Gasteiger partial charge on any atom is -0.497 e. The van der Waals surface area contributed by atoms with Gasteiger partial charge < -0.3 is 25.4 Å². The highest BCUT2D eigenvalue weighted by atomic mass is 16.5. The van der Waals surface area contributed by atoms with E-state index in [-0.39, 0.29) is 18.4 Å². The van der Waals surface area contributed by atoms with Gasteiger partial charge in [0.15, 0.2) is 0 Å². The molecule has 1 heterocycles. The zero-order valence-corrected chi connectivity index (χ0v) is 13.7. The molecule has 0 bridgehead atoms. The van der Waals surface area contributed by atoms with Gasteiger partial charge in [-0.15, -0.1) is 0 Å². The van der Waals surface area contributed by atoms with Gasteiger partial charge in [0.05, 0.1) is 26.3 Å². The first-order valence-electron chi connectivity index (χ1n) is 7.57. The number of ether oxygens (including phenoxy) is 2. The lowest BCUT2D eigenvalue weighted by atomic mass is 10.1. The molecule has 3 amide bonds. The molecule has 0 radical (unpaired) electrons. The summed E-state index contributed by atoms with van der Waals surface area (Å²) in [5, 5.41) is 2.45. The molecule has 1 aromatic carbocycles. The lowest BCUT2D eigenvalue weighted by molar-refractivity contribution is -0.127. The van der Waals surface area contributed by atoms with Crippen LogP contribution in [0.15, 0.2) is 18.2 Å². The van der Waals surface area contributed by atoms with Gasteiger partial charge in [0, 0.05) is 12.6 Å². The monoisotopic (exact) mass is 335 g/mol. The summed E-state index contributed by atoms with van der Waals surface area (Å²) in [5.41, 5.74) is 5.38. The molecule has 0 spiro atoms. The maximum atomic E-state index is 12.8. The summed E-state index contributed by atoms with van der Waals surface area (Å²) in [7, 11) is 2.99. The highest BCUT2D eigenvalue weighted by Gasteiger charge is 2.35. The maximum absolute atomic E-state index is 12.8. The molecule has 1 aliphatic rings. The van der Waals surface area contributed by atoms with Crippen LogP contribution in [0.4, 0.5) is 0 Å². The number of carbonyl (C=O) groups is 3. The number of hydrogen-bond donors (Lipinski definition) is 2. The molecule has 1 aromatic rings. The fourth-order valence-electron chi connectivity index (χ4n) is 2.70. The van der Waals surface area contributed by atoms with E-state index in [1.165, 1.54) is 19.1 Å². The molecule has 8 nitrogen and oxygen atoms in total. The van der Waals surface area contributed by atoms with E-state index < -0.39 is 11.9 Å². The standard InChI is InChI=1S/C16H21N3O5/c1-23-10-5-6-11(13(8-10)24-2)16(22)19-7-3-4-12(19)15(21)18-9-14(17)20/h5-6,8,12H,3-4,7,9H2,1-2H3,(H2,17,20)(H,18,21). The Morgan fingerprint density at radius 3 is 2.67 bits per heavy atom. The van der Waals surface area contributed by atoms with Crippen LogP contribution in [0.5, 0.6) is 11.5 Å². The molecule has 2 rings (SSSR count). The third kappa shape index (κ3) is 3.76. The second kappa shape index (κ2) is 7.67. The van der Waals surface area contributed by atoms with Crippen molar-refractivity contribution in [3.05, 3.63) is 23.8 Å². The number of methoxy groups -OCH3 is 2. The van der Waals surface area contributed by atoms with E-state index in [4.69, 9.17) is 15.2 Å². The molecule has 1 fully saturated rings. The van der Waals surface area contributed by atoms with Crippen LogP contribution in [0.25, 0.3) is 0 Å². The van der Waals surface area contributed by atoms with Crippen LogP contribution < -0.4 is 20.5 Å². The van der Waals surface area contributed by atoms with Crippen LogP contribution in [-0.2, 0) is 9.59 Å². The smallest absolute Gasteiger partial charge is 0.258 e. The first kappa shape index (κ1) is 17.6. The third-order valence-corrected chi connectivity index (χ3v) is 3.89. The van der Waals surface area contributed by atoms with Gasteiger partial charge in [0.25, 0.3) is 5.91 Å². The van der Waals surface area contributed by atoms with Crippen molar-refractivity contribution in [3.8, 4) is 11.5 Å². The van der Waals surface area contributed by atoms with Gasteiger partial charge in [-0.1, -0.05) is 0 Å². The van der Waals surface area contributed by atoms with Crippen molar-refractivity contribution in [2.24, 2.45) is 5.73 Å². The number of carbonyl (C=O) groups excluding carboxylic acids is 3. The SMILES string of the molecule is COc1ccc(C(=O)N2CCCC2C(=O)NCC(N)=O)c(OC)c1. The Labute approximate surface area is 139 Å². The first-order chi connectivity index (χ1) is 11.5. The zero-order valence-electron chi connectivity index (χ0n) is 13.7. The average Bonchev–Trinajstić information content (AvgIpc) is 3.08. The Balaban J connectivity index is 2.18. The molecule has 0 saturated carbocycles. The summed E-state index contributed by atoms with van der Waals surface area (Å²) in [6.45, 7) is 0.214. The number of nitrogens with two attached hydrogens (primary N) is 1. The lowest BCUT2D eigenvalue weighted by Crippen LogP contribution is -2.47. The lowest BCUT2D eigenvalue weighted by Gasteiger charge is -2.24. The maximum Gasteiger partial charge on any atom is 0.258 e. The largest absolute Gasteiger partial charge is 0.497 e. The normalized spacial score (nSPS) is 16.6. The van der Waals surface area contributed by atoms with E-state index in [2.05, 4.69) is 5.32 Å². The number of nitrogens with zero attached hydrogens (tertiary/aromatic N) is 1. The highest BCUT2D eigenvalue weighted by Crippen LogP contribution is 2.28. The minimum atomic E-state index is -0.629. The van der Waals surface area contributed by atoms with Gasteiger partial charge >= 0.3 is 0 Å². The number of amides is 3. The van der Waals surface area contributed by atoms with E-state index in [1.807, 2.05) is 0 Å². The molecule has 1 saturated heterocycles. The van der Waals surface area contributed by atoms with Gasteiger partial charge in [-0.25, -0.2) is 0 Å². The summed E-state index contributed by atoms with van der Waals surface area (Å²) >= 11 is 0. The summed E-state index contributed by atoms with van der Waals surface area (Å²) in [5.74, 6) is -0.363. The van der Waals surface area contributed by atoms with Crippen LogP contribution in [0.3, 0.4) is 0 Å². The van der Waals surface area contributed by atoms with E-state index in [9.17, 15) is 14.4 Å². The second-order valence-electron chi connectivity index (χ2n) is 5.41. The number of benzene rings is 1. The number of rotatable bonds is 6. The summed E-state index contributed by atoms with van der Waals surface area (Å²) in [4.78, 5) is 37.3. The molecule has 24 heavy (non-hydrogen) atoms. The Kier molecular flexibility index (Phi) is 5.62. The highest BCUT2D eigenvalue weighted by molar-refractivity contribution is 6.00. The van der Waals surface area contributed by atoms with Crippen molar-refractivity contribution in [1.82, 2.24) is 10.2 Å². The topological polar surface area (TPSA) is 111 Å². The van der Waals surface area contributed by atoms with E-state index in [1.54, 1.807) is 18.2 Å². The molecule has 0 aromatic heterocycles. The summed E-state index contributed by atoms with van der Waals surface area (Å²) < 4.78 is 10.4. The molecule has 0 aliphatic carbocycles. The van der Waals surface area contributed by atoms with Gasteiger partial charge in [-0.3, -0.25) is 14.4 Å². The average molecular weight is 335 g/mol. The van der Waals surface area contributed by atoms with E-state index in [0.29, 0.717) is 36.4 Å². The van der Waals surface area contributed by atoms with E-state index in [0.717, 1.165) is 0 Å². The number of primary amides is 1. The summed E-state index contributed by atoms with van der Waals surface area (Å²) in [6.07, 6.45) is 1.24.